The summed E-state index contributed by atoms with van der Waals surface area (Å²) in [6.45, 7) is 2.99. The van der Waals surface area contributed by atoms with Crippen molar-refractivity contribution in [3.8, 4) is 5.75 Å². The van der Waals surface area contributed by atoms with E-state index in [9.17, 15) is 9.90 Å². The van der Waals surface area contributed by atoms with Crippen LogP contribution in [-0.4, -0.2) is 35.4 Å². The molecule has 4 rings (SSSR count). The van der Waals surface area contributed by atoms with E-state index in [-0.39, 0.29) is 5.41 Å². The fraction of sp³-hybridized carbons (Fsp3) is 0.611. The number of hydrogen-bond acceptors (Lipinski definition) is 3. The van der Waals surface area contributed by atoms with Gasteiger partial charge in [0.1, 0.15) is 11.5 Å². The number of carbonyl (C=O) groups is 1. The molecule has 0 unspecified atom stereocenters. The molecular weight excluding hydrogens is 262 g/mol. The number of likely N-dealkylation sites (tertiary alicyclic amines) is 1. The highest BCUT2D eigenvalue weighted by molar-refractivity contribution is 5.82. The molecule has 21 heavy (non-hydrogen) atoms. The van der Waals surface area contributed by atoms with Gasteiger partial charge in [0.25, 0.3) is 0 Å². The van der Waals surface area contributed by atoms with Crippen molar-refractivity contribution < 1.29 is 9.90 Å². The lowest BCUT2D eigenvalue weighted by Gasteiger charge is -2.58. The Morgan fingerprint density at radius 1 is 1.38 bits per heavy atom. The molecule has 3 nitrogen and oxygen atoms in total. The molecular formula is C18H23NO2. The molecule has 3 atom stereocenters. The molecule has 0 spiro atoms. The number of rotatable bonds is 0. The number of ketones is 1. The van der Waals surface area contributed by atoms with Crippen molar-refractivity contribution in [2.45, 2.75) is 50.5 Å². The molecule has 0 aromatic heterocycles. The fourth-order valence-electron chi connectivity index (χ4n) is 5.23. The van der Waals surface area contributed by atoms with Gasteiger partial charge in [-0.2, -0.15) is 0 Å². The predicted molar refractivity (Wildman–Crippen MR) is 81.6 cm³/mol. The average Bonchev–Trinajstić information content (AvgIpc) is 2.46. The summed E-state index contributed by atoms with van der Waals surface area (Å²) >= 11 is 0. The van der Waals surface area contributed by atoms with Crippen molar-refractivity contribution in [3.63, 3.8) is 0 Å². The monoisotopic (exact) mass is 285 g/mol. The van der Waals surface area contributed by atoms with Crippen LogP contribution in [0.2, 0.25) is 0 Å². The lowest BCUT2D eigenvalue weighted by atomic mass is 9.52. The highest BCUT2D eigenvalue weighted by atomic mass is 16.3. The SMILES string of the molecule is Cc1ccc2c(c1O)[C@@]13CCN(C)[C@@H](C2)[C@H]1CCC(=O)C3. The Kier molecular flexibility index (Phi) is 2.74. The van der Waals surface area contributed by atoms with Crippen LogP contribution >= 0.6 is 0 Å². The predicted octanol–water partition coefficient (Wildman–Crippen LogP) is 2.57. The molecule has 1 saturated carbocycles. The number of aryl methyl sites for hydroxylation is 1. The quantitative estimate of drug-likeness (QED) is 0.796. The minimum absolute atomic E-state index is 0.101. The summed E-state index contributed by atoms with van der Waals surface area (Å²) in [5.74, 6) is 1.35. The number of nitrogens with zero attached hydrogens (tertiary/aromatic N) is 1. The van der Waals surface area contributed by atoms with Gasteiger partial charge in [-0.15, -0.1) is 0 Å². The van der Waals surface area contributed by atoms with E-state index in [0.29, 0.717) is 29.9 Å². The Labute approximate surface area is 126 Å². The second kappa shape index (κ2) is 4.33. The van der Waals surface area contributed by atoms with Gasteiger partial charge in [-0.3, -0.25) is 4.79 Å². The van der Waals surface area contributed by atoms with Crippen molar-refractivity contribution >= 4 is 5.78 Å². The van der Waals surface area contributed by atoms with E-state index in [1.165, 1.54) is 5.56 Å². The van der Waals surface area contributed by atoms with Crippen molar-refractivity contribution in [3.05, 3.63) is 28.8 Å². The first-order valence-corrected chi connectivity index (χ1v) is 8.07. The maximum Gasteiger partial charge on any atom is 0.133 e. The summed E-state index contributed by atoms with van der Waals surface area (Å²) in [5.41, 5.74) is 3.22. The van der Waals surface area contributed by atoms with Crippen LogP contribution in [-0.2, 0) is 16.6 Å². The average molecular weight is 285 g/mol. The van der Waals surface area contributed by atoms with Gasteiger partial charge >= 0.3 is 0 Å². The number of hydrogen-bond donors (Lipinski definition) is 1. The smallest absolute Gasteiger partial charge is 0.133 e. The molecule has 2 aliphatic carbocycles. The third-order valence-corrected chi connectivity index (χ3v) is 6.29. The first-order valence-electron chi connectivity index (χ1n) is 8.07. The first kappa shape index (κ1) is 13.3. The number of likely N-dealkylation sites (N-methyl/N-ethyl adjacent to an activating group) is 1. The zero-order chi connectivity index (χ0) is 14.8. The van der Waals surface area contributed by atoms with Crippen molar-refractivity contribution in [2.24, 2.45) is 5.92 Å². The molecule has 112 valence electrons. The molecule has 1 heterocycles. The van der Waals surface area contributed by atoms with Crippen LogP contribution < -0.4 is 0 Å². The number of fused-ring (bicyclic) bond motifs is 1. The third-order valence-electron chi connectivity index (χ3n) is 6.29. The van der Waals surface area contributed by atoms with Crippen LogP contribution in [0.1, 0.15) is 42.4 Å². The molecule has 1 N–H and O–H groups in total. The van der Waals surface area contributed by atoms with E-state index >= 15 is 0 Å². The first-order chi connectivity index (χ1) is 10.0. The fourth-order valence-corrected chi connectivity index (χ4v) is 5.23. The molecule has 2 bridgehead atoms. The molecule has 1 aliphatic heterocycles. The van der Waals surface area contributed by atoms with Gasteiger partial charge in [0.05, 0.1) is 0 Å². The number of phenols is 1. The number of phenolic OH excluding ortho intramolecular Hbond substituents is 1. The lowest BCUT2D eigenvalue weighted by Crippen LogP contribution is -2.60. The van der Waals surface area contributed by atoms with Gasteiger partial charge in [-0.25, -0.2) is 0 Å². The molecule has 1 aromatic rings. The molecule has 3 aliphatic rings. The zero-order valence-electron chi connectivity index (χ0n) is 12.9. The van der Waals surface area contributed by atoms with Gasteiger partial charge in [0.2, 0.25) is 0 Å². The molecule has 1 aromatic carbocycles. The minimum Gasteiger partial charge on any atom is -0.507 e. The van der Waals surface area contributed by atoms with Crippen molar-refractivity contribution in [2.75, 3.05) is 13.6 Å². The maximum absolute atomic E-state index is 12.2. The van der Waals surface area contributed by atoms with Crippen LogP contribution in [0, 0.1) is 12.8 Å². The summed E-state index contributed by atoms with van der Waals surface area (Å²) in [7, 11) is 2.21. The topological polar surface area (TPSA) is 40.5 Å². The highest BCUT2D eigenvalue weighted by Crippen LogP contribution is 2.57. The summed E-state index contributed by atoms with van der Waals surface area (Å²) < 4.78 is 0. The van der Waals surface area contributed by atoms with Gasteiger partial charge in [-0.1, -0.05) is 12.1 Å². The summed E-state index contributed by atoms with van der Waals surface area (Å²) in [6, 6.07) is 4.72. The standard InChI is InChI=1S/C18H23NO2/c1-11-3-4-12-9-15-14-6-5-13(20)10-18(14,7-8-19(15)2)16(12)17(11)21/h3-4,14-15,21H,5-10H2,1-2H3/t14-,15+,18-/m1/s1. The normalized spacial score (nSPS) is 35.2. The van der Waals surface area contributed by atoms with Crippen molar-refractivity contribution in [1.82, 2.24) is 4.90 Å². The molecule has 0 amide bonds. The number of Topliss-reactive ketones (excluding diaryl/α,β-unsaturated/α-hetero) is 1. The van der Waals surface area contributed by atoms with E-state index in [2.05, 4.69) is 18.0 Å². The Balaban J connectivity index is 1.96. The number of piperidine rings is 1. The van der Waals surface area contributed by atoms with E-state index in [0.717, 1.165) is 43.4 Å². The Morgan fingerprint density at radius 3 is 3.00 bits per heavy atom. The third kappa shape index (κ3) is 1.67. The molecule has 2 fully saturated rings. The second-order valence-electron chi connectivity index (χ2n) is 7.28. The molecule has 1 saturated heterocycles. The summed E-state index contributed by atoms with van der Waals surface area (Å²) in [5, 5.41) is 10.7. The number of benzene rings is 1. The lowest BCUT2D eigenvalue weighted by molar-refractivity contribution is -0.126. The Hall–Kier alpha value is -1.35. The van der Waals surface area contributed by atoms with Gasteiger partial charge in [0, 0.05) is 29.9 Å². The molecule has 3 heteroatoms. The Bertz CT molecular complexity index is 624. The van der Waals surface area contributed by atoms with Gasteiger partial charge in [0.15, 0.2) is 0 Å². The van der Waals surface area contributed by atoms with E-state index in [1.807, 2.05) is 13.0 Å². The minimum atomic E-state index is -0.101. The van der Waals surface area contributed by atoms with E-state index in [4.69, 9.17) is 0 Å². The maximum atomic E-state index is 12.2. The van der Waals surface area contributed by atoms with Gasteiger partial charge in [-0.05, 0) is 56.8 Å². The van der Waals surface area contributed by atoms with Crippen LogP contribution in [0.5, 0.6) is 5.75 Å². The van der Waals surface area contributed by atoms with Crippen LogP contribution in [0.4, 0.5) is 0 Å². The van der Waals surface area contributed by atoms with Crippen molar-refractivity contribution in [1.29, 1.82) is 0 Å². The van der Waals surface area contributed by atoms with Gasteiger partial charge < -0.3 is 10.0 Å². The molecule has 0 radical (unpaired) electrons. The zero-order valence-corrected chi connectivity index (χ0v) is 12.9. The van der Waals surface area contributed by atoms with Crippen LogP contribution in [0.15, 0.2) is 12.1 Å². The number of carbonyl (C=O) groups excluding carboxylic acids is 1. The van der Waals surface area contributed by atoms with E-state index in [1.54, 1.807) is 0 Å². The number of aromatic hydroxyl groups is 1. The highest BCUT2D eigenvalue weighted by Gasteiger charge is 2.55. The van der Waals surface area contributed by atoms with Crippen LogP contribution in [0.25, 0.3) is 0 Å². The largest absolute Gasteiger partial charge is 0.507 e. The van der Waals surface area contributed by atoms with E-state index < -0.39 is 0 Å². The summed E-state index contributed by atoms with van der Waals surface area (Å²) in [6.07, 6.45) is 4.35. The Morgan fingerprint density at radius 2 is 2.19 bits per heavy atom. The summed E-state index contributed by atoms with van der Waals surface area (Å²) in [4.78, 5) is 14.7. The second-order valence-corrected chi connectivity index (χ2v) is 7.28. The van der Waals surface area contributed by atoms with Crippen LogP contribution in [0.3, 0.4) is 0 Å².